The molecule has 0 spiro atoms. The molecule has 0 saturated carbocycles. The summed E-state index contributed by atoms with van der Waals surface area (Å²) in [6, 6.07) is 3.42. The van der Waals surface area contributed by atoms with E-state index >= 15 is 0 Å². The molecule has 0 radical (unpaired) electrons. The molecule has 0 aliphatic carbocycles. The summed E-state index contributed by atoms with van der Waals surface area (Å²) < 4.78 is 6.42. The summed E-state index contributed by atoms with van der Waals surface area (Å²) >= 11 is 6.63. The number of rotatable bonds is 3. The topological polar surface area (TPSA) is 67.3 Å². The van der Waals surface area contributed by atoms with E-state index in [-0.39, 0.29) is 5.75 Å². The number of nitrogens with one attached hydrogen (secondary N) is 1. The first-order valence-electron chi connectivity index (χ1n) is 5.34. The second-order valence-electron chi connectivity index (χ2n) is 3.65. The van der Waals surface area contributed by atoms with E-state index in [4.69, 9.17) is 4.74 Å². The van der Waals surface area contributed by atoms with Crippen LogP contribution in [-0.4, -0.2) is 29.2 Å². The van der Waals surface area contributed by atoms with Crippen LogP contribution in [0.1, 0.15) is 0 Å². The Balaban J connectivity index is 2.55. The number of phenolic OH excluding ortho intramolecular Hbond substituents is 1. The lowest BCUT2D eigenvalue weighted by Gasteiger charge is -2.09. The molecular weight excluding hydrogens is 378 g/mol. The first kappa shape index (κ1) is 14.1. The molecule has 1 aromatic heterocycles. The average Bonchev–Trinajstić information content (AvgIpc) is 2.42. The minimum absolute atomic E-state index is 0.0530. The molecule has 0 atom stereocenters. The van der Waals surface area contributed by atoms with Crippen LogP contribution in [0.4, 0.5) is 5.82 Å². The molecule has 0 aliphatic rings. The highest BCUT2D eigenvalue weighted by atomic mass is 79.9. The lowest BCUT2D eigenvalue weighted by molar-refractivity contribution is 0.372. The van der Waals surface area contributed by atoms with Crippen LogP contribution in [0.5, 0.6) is 11.5 Å². The van der Waals surface area contributed by atoms with Crippen molar-refractivity contribution in [2.45, 2.75) is 0 Å². The van der Waals surface area contributed by atoms with Crippen LogP contribution in [0.15, 0.2) is 27.3 Å². The van der Waals surface area contributed by atoms with Crippen molar-refractivity contribution in [2.75, 3.05) is 19.5 Å². The molecule has 2 rings (SSSR count). The van der Waals surface area contributed by atoms with Crippen LogP contribution in [0.25, 0.3) is 11.4 Å². The van der Waals surface area contributed by atoms with E-state index in [1.54, 1.807) is 25.4 Å². The van der Waals surface area contributed by atoms with Gasteiger partial charge in [-0.1, -0.05) is 0 Å². The molecule has 100 valence electrons. The number of aromatic hydroxyl groups is 1. The van der Waals surface area contributed by atoms with E-state index in [9.17, 15) is 5.11 Å². The quantitative estimate of drug-likeness (QED) is 0.843. The Bertz CT molecular complexity index is 620. The zero-order valence-corrected chi connectivity index (χ0v) is 13.4. The molecule has 0 unspecified atom stereocenters. The van der Waals surface area contributed by atoms with Gasteiger partial charge in [0.25, 0.3) is 0 Å². The fraction of sp³-hybridized carbons (Fsp3) is 0.167. The van der Waals surface area contributed by atoms with Gasteiger partial charge in [-0.25, -0.2) is 9.97 Å². The molecule has 2 N–H and O–H groups in total. The molecule has 7 heteroatoms. The average molecular weight is 389 g/mol. The van der Waals surface area contributed by atoms with E-state index in [0.717, 1.165) is 10.0 Å². The Morgan fingerprint density at radius 1 is 1.26 bits per heavy atom. The third kappa shape index (κ3) is 2.82. The number of phenols is 1. The molecule has 0 bridgehead atoms. The van der Waals surface area contributed by atoms with Crippen molar-refractivity contribution < 1.29 is 9.84 Å². The van der Waals surface area contributed by atoms with Crippen LogP contribution < -0.4 is 10.1 Å². The highest BCUT2D eigenvalue weighted by molar-refractivity contribution is 9.11. The Hall–Kier alpha value is -1.34. The number of hydrogen-bond donors (Lipinski definition) is 2. The van der Waals surface area contributed by atoms with Crippen molar-refractivity contribution in [1.29, 1.82) is 0 Å². The van der Waals surface area contributed by atoms with Gasteiger partial charge in [-0.15, -0.1) is 0 Å². The summed E-state index contributed by atoms with van der Waals surface area (Å²) in [4.78, 5) is 8.63. The summed E-state index contributed by atoms with van der Waals surface area (Å²) in [5.74, 6) is 1.64. The fourth-order valence-electron chi connectivity index (χ4n) is 1.54. The van der Waals surface area contributed by atoms with Crippen molar-refractivity contribution in [3.05, 3.63) is 27.3 Å². The van der Waals surface area contributed by atoms with Gasteiger partial charge in [0.1, 0.15) is 5.82 Å². The monoisotopic (exact) mass is 387 g/mol. The number of anilines is 1. The van der Waals surface area contributed by atoms with Gasteiger partial charge in [0, 0.05) is 18.8 Å². The van der Waals surface area contributed by atoms with Gasteiger partial charge in [0.05, 0.1) is 16.1 Å². The zero-order valence-electron chi connectivity index (χ0n) is 10.2. The molecule has 0 saturated heterocycles. The molecule has 0 fully saturated rings. The van der Waals surface area contributed by atoms with Gasteiger partial charge in [-0.05, 0) is 44.0 Å². The van der Waals surface area contributed by atoms with Crippen LogP contribution >= 0.6 is 31.9 Å². The molecule has 1 heterocycles. The standard InChI is InChI=1S/C12H11Br2N3O2/c1-15-12-8(14)5-16-11(17-12)6-3-7(13)10(18)9(4-6)19-2/h3-5,18H,1-2H3,(H,15,16,17). The van der Waals surface area contributed by atoms with E-state index in [1.807, 2.05) is 0 Å². The third-order valence-corrected chi connectivity index (χ3v) is 3.67. The number of aromatic nitrogens is 2. The smallest absolute Gasteiger partial charge is 0.172 e. The molecule has 2 aromatic rings. The first-order valence-corrected chi connectivity index (χ1v) is 6.92. The van der Waals surface area contributed by atoms with Gasteiger partial charge in [0.2, 0.25) is 0 Å². The normalized spacial score (nSPS) is 10.3. The molecule has 1 aromatic carbocycles. The van der Waals surface area contributed by atoms with E-state index in [1.165, 1.54) is 7.11 Å². The maximum atomic E-state index is 9.78. The highest BCUT2D eigenvalue weighted by Gasteiger charge is 2.12. The van der Waals surface area contributed by atoms with E-state index in [0.29, 0.717) is 21.9 Å². The van der Waals surface area contributed by atoms with Crippen molar-refractivity contribution >= 4 is 37.7 Å². The maximum absolute atomic E-state index is 9.78. The Labute approximate surface area is 127 Å². The summed E-state index contributed by atoms with van der Waals surface area (Å²) in [6.07, 6.45) is 1.67. The lowest BCUT2D eigenvalue weighted by Crippen LogP contribution is -1.98. The number of benzene rings is 1. The first-order chi connectivity index (χ1) is 9.06. The Kier molecular flexibility index (Phi) is 4.26. The molecule has 0 amide bonds. The van der Waals surface area contributed by atoms with E-state index in [2.05, 4.69) is 47.1 Å². The van der Waals surface area contributed by atoms with Gasteiger partial charge in [-0.3, -0.25) is 0 Å². The number of halogens is 2. The molecule has 5 nitrogen and oxygen atoms in total. The van der Waals surface area contributed by atoms with Crippen LogP contribution in [0, 0.1) is 0 Å². The van der Waals surface area contributed by atoms with Gasteiger partial charge in [-0.2, -0.15) is 0 Å². The largest absolute Gasteiger partial charge is 0.503 e. The van der Waals surface area contributed by atoms with Gasteiger partial charge >= 0.3 is 0 Å². The number of ether oxygens (including phenoxy) is 1. The summed E-state index contributed by atoms with van der Waals surface area (Å²) in [7, 11) is 3.27. The summed E-state index contributed by atoms with van der Waals surface area (Å²) in [6.45, 7) is 0. The minimum Gasteiger partial charge on any atom is -0.503 e. The van der Waals surface area contributed by atoms with Crippen molar-refractivity contribution in [3.63, 3.8) is 0 Å². The minimum atomic E-state index is 0.0530. The van der Waals surface area contributed by atoms with Gasteiger partial charge < -0.3 is 15.2 Å². The molecule has 19 heavy (non-hydrogen) atoms. The van der Waals surface area contributed by atoms with Crippen molar-refractivity contribution in [1.82, 2.24) is 9.97 Å². The second kappa shape index (κ2) is 5.75. The fourth-order valence-corrected chi connectivity index (χ4v) is 2.37. The summed E-state index contributed by atoms with van der Waals surface area (Å²) in [5.41, 5.74) is 0.741. The number of nitrogens with zero attached hydrogens (tertiary/aromatic N) is 2. The molecule has 0 aliphatic heterocycles. The lowest BCUT2D eigenvalue weighted by atomic mass is 10.2. The zero-order chi connectivity index (χ0) is 14.0. The van der Waals surface area contributed by atoms with Crippen LogP contribution in [0.2, 0.25) is 0 Å². The van der Waals surface area contributed by atoms with E-state index < -0.39 is 0 Å². The third-order valence-electron chi connectivity index (χ3n) is 2.49. The number of methoxy groups -OCH3 is 1. The Morgan fingerprint density at radius 2 is 2.00 bits per heavy atom. The predicted molar refractivity (Wildman–Crippen MR) is 80.6 cm³/mol. The second-order valence-corrected chi connectivity index (χ2v) is 5.36. The van der Waals surface area contributed by atoms with Crippen LogP contribution in [0.3, 0.4) is 0 Å². The number of hydrogen-bond acceptors (Lipinski definition) is 5. The van der Waals surface area contributed by atoms with Crippen molar-refractivity contribution in [2.24, 2.45) is 0 Å². The maximum Gasteiger partial charge on any atom is 0.172 e. The SMILES string of the molecule is CNc1nc(-c2cc(Br)c(O)c(OC)c2)ncc1Br. The Morgan fingerprint density at radius 3 is 2.63 bits per heavy atom. The highest BCUT2D eigenvalue weighted by Crippen LogP contribution is 2.38. The van der Waals surface area contributed by atoms with Crippen molar-refractivity contribution in [3.8, 4) is 22.9 Å². The molecular formula is C12H11Br2N3O2. The van der Waals surface area contributed by atoms with Crippen LogP contribution in [-0.2, 0) is 0 Å². The summed E-state index contributed by atoms with van der Waals surface area (Å²) in [5, 5.41) is 12.8. The van der Waals surface area contributed by atoms with Gasteiger partial charge in [0.15, 0.2) is 17.3 Å². The predicted octanol–water partition coefficient (Wildman–Crippen LogP) is 3.42.